The summed E-state index contributed by atoms with van der Waals surface area (Å²) in [5, 5.41) is 41.1. The van der Waals surface area contributed by atoms with Crippen molar-refractivity contribution in [3.05, 3.63) is 0 Å². The van der Waals surface area contributed by atoms with E-state index < -0.39 is 29.2 Å². The number of Topliss-reactive ketones (excluding diaryl/α,β-unsaturated/α-hetero) is 2. The first-order valence-electron chi connectivity index (χ1n) is 23.0. The summed E-state index contributed by atoms with van der Waals surface area (Å²) < 4.78 is 0. The number of hydrogen-bond donors (Lipinski definition) is 4. The van der Waals surface area contributed by atoms with Gasteiger partial charge in [-0.15, -0.1) is 0 Å². The molecule has 9 heteroatoms. The lowest BCUT2D eigenvalue weighted by Gasteiger charge is -2.53. The van der Waals surface area contributed by atoms with E-state index in [2.05, 4.69) is 34.6 Å². The van der Waals surface area contributed by atoms with Gasteiger partial charge in [0.05, 0.1) is 17.8 Å². The van der Waals surface area contributed by atoms with Crippen molar-refractivity contribution in [2.45, 2.75) is 182 Å². The third kappa shape index (κ3) is 7.46. The van der Waals surface area contributed by atoms with E-state index in [1.807, 2.05) is 6.92 Å². The fourth-order valence-electron chi connectivity index (χ4n) is 16.2. The monoisotopic (exact) mass is 797 g/mol. The van der Waals surface area contributed by atoms with E-state index in [4.69, 9.17) is 5.11 Å². The summed E-state index contributed by atoms with van der Waals surface area (Å²) in [6, 6.07) is 0. The lowest BCUT2D eigenvalue weighted by Crippen LogP contribution is -2.54. The Hall–Kier alpha value is -1.97. The topological polar surface area (TPSA) is 166 Å². The summed E-state index contributed by atoms with van der Waals surface area (Å²) in [6.07, 6.45) is 15.5. The first-order valence-corrected chi connectivity index (χ1v) is 23.0. The maximum atomic E-state index is 12.8. The molecule has 57 heavy (non-hydrogen) atoms. The molecule has 7 aliphatic rings. The highest BCUT2D eigenvalue weighted by molar-refractivity contribution is 5.86. The van der Waals surface area contributed by atoms with Crippen molar-refractivity contribution in [2.75, 3.05) is 0 Å². The van der Waals surface area contributed by atoms with Crippen molar-refractivity contribution in [3.8, 4) is 0 Å². The van der Waals surface area contributed by atoms with Crippen molar-refractivity contribution in [2.24, 2.45) is 86.8 Å². The molecule has 7 aliphatic carbocycles. The predicted molar refractivity (Wildman–Crippen MR) is 218 cm³/mol. The van der Waals surface area contributed by atoms with Crippen LogP contribution in [0.3, 0.4) is 0 Å². The van der Waals surface area contributed by atoms with E-state index in [-0.39, 0.29) is 70.2 Å². The summed E-state index contributed by atoms with van der Waals surface area (Å²) in [5.74, 6) is 2.48. The Kier molecular flexibility index (Phi) is 12.9. The molecular formula is C48H76O9. The molecule has 0 heterocycles. The molecule has 0 aromatic carbocycles. The van der Waals surface area contributed by atoms with Crippen LogP contribution in [0.1, 0.15) is 164 Å². The van der Waals surface area contributed by atoms with Crippen LogP contribution in [0.4, 0.5) is 0 Å². The number of aliphatic hydroxyl groups is 3. The van der Waals surface area contributed by atoms with E-state index in [9.17, 15) is 39.3 Å². The number of fused-ring (bicyclic) bond motifs is 6. The van der Waals surface area contributed by atoms with Crippen molar-refractivity contribution in [1.82, 2.24) is 0 Å². The molecule has 0 aromatic rings. The molecule has 0 aromatic heterocycles. The highest BCUT2D eigenvalue weighted by Crippen LogP contribution is 2.73. The van der Waals surface area contributed by atoms with Crippen molar-refractivity contribution in [1.29, 1.82) is 0 Å². The molecule has 0 aliphatic heterocycles. The summed E-state index contributed by atoms with van der Waals surface area (Å²) >= 11 is 0. The molecule has 9 nitrogen and oxygen atoms in total. The first kappa shape index (κ1) is 44.6. The zero-order chi connectivity index (χ0) is 41.9. The number of rotatable bonds is 11. The summed E-state index contributed by atoms with van der Waals surface area (Å²) in [5.41, 5.74) is -1.59. The van der Waals surface area contributed by atoms with E-state index in [0.717, 1.165) is 76.8 Å². The van der Waals surface area contributed by atoms with Gasteiger partial charge in [0.25, 0.3) is 0 Å². The van der Waals surface area contributed by atoms with E-state index in [0.29, 0.717) is 67.6 Å². The summed E-state index contributed by atoms with van der Waals surface area (Å²) in [6.45, 7) is 15.1. The summed E-state index contributed by atoms with van der Waals surface area (Å²) in [7, 11) is 0. The number of aldehydes is 2. The number of aliphatic hydroxyl groups excluding tert-OH is 2. The number of carboxylic acid groups (broad SMARTS) is 1. The number of aliphatic carboxylic acids is 1. The van der Waals surface area contributed by atoms with Crippen LogP contribution < -0.4 is 0 Å². The Balaban J connectivity index is 0.000000193. The van der Waals surface area contributed by atoms with Gasteiger partial charge in [0.1, 0.15) is 24.1 Å². The van der Waals surface area contributed by atoms with Gasteiger partial charge in [-0.25, -0.2) is 0 Å². The molecule has 7 saturated carbocycles. The average molecular weight is 797 g/mol. The highest BCUT2D eigenvalue weighted by atomic mass is 16.4. The number of carbonyl (C=O) groups excluding carboxylic acids is 4. The third-order valence-electron chi connectivity index (χ3n) is 19.4. The summed E-state index contributed by atoms with van der Waals surface area (Å²) in [4.78, 5) is 60.0. The van der Waals surface area contributed by atoms with Crippen molar-refractivity contribution < 1.29 is 44.4 Å². The van der Waals surface area contributed by atoms with E-state index >= 15 is 0 Å². The average Bonchev–Trinajstić information content (AvgIpc) is 3.75. The minimum absolute atomic E-state index is 0.0492. The molecule has 0 radical (unpaired) electrons. The van der Waals surface area contributed by atoms with Gasteiger partial charge in [-0.1, -0.05) is 41.5 Å². The van der Waals surface area contributed by atoms with Gasteiger partial charge in [-0.2, -0.15) is 0 Å². The smallest absolute Gasteiger partial charge is 0.303 e. The third-order valence-corrected chi connectivity index (χ3v) is 19.4. The van der Waals surface area contributed by atoms with Crippen LogP contribution >= 0.6 is 0 Å². The van der Waals surface area contributed by atoms with Crippen LogP contribution in [0.5, 0.6) is 0 Å². The molecular weight excluding hydrogens is 721 g/mol. The fraction of sp³-hybridized carbons (Fsp3) is 0.896. The Labute approximate surface area is 342 Å². The van der Waals surface area contributed by atoms with E-state index in [1.54, 1.807) is 6.92 Å². The minimum atomic E-state index is -1.06. The Morgan fingerprint density at radius 3 is 1.84 bits per heavy atom. The molecule has 0 spiro atoms. The molecule has 6 unspecified atom stereocenters. The molecule has 4 N–H and O–H groups in total. The normalized spacial score (nSPS) is 48.6. The second-order valence-corrected chi connectivity index (χ2v) is 21.9. The second kappa shape index (κ2) is 16.5. The highest BCUT2D eigenvalue weighted by Gasteiger charge is 2.72. The van der Waals surface area contributed by atoms with Crippen LogP contribution in [-0.4, -0.2) is 68.3 Å². The van der Waals surface area contributed by atoms with Gasteiger partial charge < -0.3 is 34.8 Å². The molecule has 18 atom stereocenters. The molecule has 0 saturated heterocycles. The number of carbonyl (C=O) groups is 5. The molecule has 0 bridgehead atoms. The molecule has 0 amide bonds. The van der Waals surface area contributed by atoms with Crippen LogP contribution in [0.2, 0.25) is 0 Å². The van der Waals surface area contributed by atoms with Crippen molar-refractivity contribution in [3.63, 3.8) is 0 Å². The predicted octanol–water partition coefficient (Wildman–Crippen LogP) is 8.03. The van der Waals surface area contributed by atoms with Gasteiger partial charge in [0.2, 0.25) is 0 Å². The molecule has 322 valence electrons. The number of ketones is 2. The quantitative estimate of drug-likeness (QED) is 0.152. The fourth-order valence-corrected chi connectivity index (χ4v) is 16.2. The minimum Gasteiger partial charge on any atom is -0.481 e. The SMILES string of the molecule is CC(=O)CC[C@@H](C)[C@H]1CCC2C3C(CC[C@@]21C)[C@@]1(C)CC[C@H](O)C[C@@]1(O)[C@@H]3C=O.C[C@H](CCC(=O)O)[C@H]1CCC2C(C=O)C([C@@]3(C)CC[C@H](O)CC3=O)CC[C@@]21C. The Bertz CT molecular complexity index is 1530. The number of carboxylic acids is 1. The lowest BCUT2D eigenvalue weighted by molar-refractivity contribution is -0.156. The van der Waals surface area contributed by atoms with Crippen LogP contribution in [-0.2, 0) is 24.0 Å². The van der Waals surface area contributed by atoms with Crippen LogP contribution in [0, 0.1) is 86.8 Å². The zero-order valence-corrected chi connectivity index (χ0v) is 36.2. The van der Waals surface area contributed by atoms with Crippen LogP contribution in [0.15, 0.2) is 0 Å². The first-order chi connectivity index (χ1) is 26.7. The standard InChI is InChI=1S/C25H40O4.C23H36O5/c1-15(5-6-16(2)27)18-7-8-19-22-20(10-11-23(18,19)3)24(4)12-9-17(28)13-25(24,29)21(22)14-26;1-14(4-7-21(27)28)17-5-6-18-16(13-24)19(9-11-22(17,18)2)23(3)10-8-15(25)12-20(23)26/h14-15,17-22,28-29H,5-13H2,1-4H3;13-19,25H,4-12H2,1-3H3,(H,27,28)/t15-,17+,18-,19?,20?,21-,22?,23-,24-,25-;14-,15+,16?,17-,18?,19?,22-,23-/m11/s1. The zero-order valence-electron chi connectivity index (χ0n) is 36.2. The van der Waals surface area contributed by atoms with Gasteiger partial charge in [0, 0.05) is 48.3 Å². The number of hydrogen-bond acceptors (Lipinski definition) is 8. The second-order valence-electron chi connectivity index (χ2n) is 21.9. The Morgan fingerprint density at radius 1 is 0.719 bits per heavy atom. The van der Waals surface area contributed by atoms with Gasteiger partial charge in [-0.3, -0.25) is 9.59 Å². The molecule has 7 fully saturated rings. The maximum absolute atomic E-state index is 12.8. The van der Waals surface area contributed by atoms with Crippen LogP contribution in [0.25, 0.3) is 0 Å². The van der Waals surface area contributed by atoms with E-state index in [1.165, 1.54) is 6.42 Å². The lowest BCUT2D eigenvalue weighted by atomic mass is 9.50. The maximum Gasteiger partial charge on any atom is 0.303 e. The largest absolute Gasteiger partial charge is 0.481 e. The Morgan fingerprint density at radius 2 is 1.28 bits per heavy atom. The molecule has 7 rings (SSSR count). The van der Waals surface area contributed by atoms with Gasteiger partial charge in [0.15, 0.2) is 0 Å². The van der Waals surface area contributed by atoms with Gasteiger partial charge >= 0.3 is 5.97 Å². The van der Waals surface area contributed by atoms with Gasteiger partial charge in [-0.05, 0) is 161 Å². The van der Waals surface area contributed by atoms with Crippen molar-refractivity contribution >= 4 is 30.1 Å².